The van der Waals surface area contributed by atoms with Gasteiger partial charge in [-0.15, -0.1) is 0 Å². The van der Waals surface area contributed by atoms with Crippen molar-refractivity contribution in [3.05, 3.63) is 100 Å². The second kappa shape index (κ2) is 11.0. The molecule has 1 amide bonds. The van der Waals surface area contributed by atoms with E-state index in [1.807, 2.05) is 49.4 Å². The number of ether oxygens (including phenoxy) is 1. The fourth-order valence-electron chi connectivity index (χ4n) is 3.70. The van der Waals surface area contributed by atoms with Gasteiger partial charge in [0.1, 0.15) is 10.9 Å². The minimum atomic E-state index is -3.55. The maximum atomic E-state index is 12.6. The van der Waals surface area contributed by atoms with Gasteiger partial charge in [-0.3, -0.25) is 9.10 Å². The van der Waals surface area contributed by atoms with E-state index < -0.39 is 15.9 Å². The van der Waals surface area contributed by atoms with Gasteiger partial charge in [0, 0.05) is 22.6 Å². The summed E-state index contributed by atoms with van der Waals surface area (Å²) in [5, 5.41) is 5.08. The summed E-state index contributed by atoms with van der Waals surface area (Å²) in [6, 6.07) is 21.1. The summed E-state index contributed by atoms with van der Waals surface area (Å²) >= 11 is 6.27. The van der Waals surface area contributed by atoms with Gasteiger partial charge in [0.05, 0.1) is 37.3 Å². The number of anilines is 1. The Morgan fingerprint density at radius 3 is 2.51 bits per heavy atom. The Morgan fingerprint density at radius 1 is 1.11 bits per heavy atom. The van der Waals surface area contributed by atoms with Crippen molar-refractivity contribution < 1.29 is 17.9 Å². The number of pyridine rings is 1. The van der Waals surface area contributed by atoms with Crippen molar-refractivity contribution in [2.45, 2.75) is 13.5 Å². The fourth-order valence-corrected chi connectivity index (χ4v) is 4.78. The van der Waals surface area contributed by atoms with E-state index in [9.17, 15) is 13.2 Å². The van der Waals surface area contributed by atoms with Crippen molar-refractivity contribution in [3.63, 3.8) is 0 Å². The van der Waals surface area contributed by atoms with Crippen LogP contribution in [0.2, 0.25) is 5.15 Å². The second-order valence-electron chi connectivity index (χ2n) is 8.37. The highest BCUT2D eigenvalue weighted by molar-refractivity contribution is 7.92. The Kier molecular flexibility index (Phi) is 7.75. The van der Waals surface area contributed by atoms with Crippen molar-refractivity contribution >= 4 is 50.3 Å². The minimum Gasteiger partial charge on any atom is -0.497 e. The predicted molar refractivity (Wildman–Crippen MR) is 147 cm³/mol. The van der Waals surface area contributed by atoms with E-state index in [-0.39, 0.29) is 11.7 Å². The van der Waals surface area contributed by atoms with Gasteiger partial charge in [-0.2, -0.15) is 5.10 Å². The molecule has 1 N–H and O–H groups in total. The number of rotatable bonds is 8. The summed E-state index contributed by atoms with van der Waals surface area (Å²) in [6.07, 6.45) is 2.57. The first-order valence-corrected chi connectivity index (χ1v) is 13.5. The highest BCUT2D eigenvalue weighted by Gasteiger charge is 2.19. The molecule has 4 aromatic rings. The average Bonchev–Trinajstić information content (AvgIpc) is 2.87. The first-order valence-electron chi connectivity index (χ1n) is 11.3. The van der Waals surface area contributed by atoms with Gasteiger partial charge >= 0.3 is 0 Å². The van der Waals surface area contributed by atoms with E-state index >= 15 is 0 Å². The quantitative estimate of drug-likeness (QED) is 0.195. The number of carbonyl (C=O) groups excluding carboxylic acids is 1. The first kappa shape index (κ1) is 26.1. The Bertz CT molecular complexity index is 1590. The molecule has 1 heterocycles. The van der Waals surface area contributed by atoms with Gasteiger partial charge in [-0.25, -0.2) is 18.8 Å². The van der Waals surface area contributed by atoms with Gasteiger partial charge in [-0.05, 0) is 60.5 Å². The third-order valence-corrected chi connectivity index (χ3v) is 7.21. The Morgan fingerprint density at radius 2 is 1.84 bits per heavy atom. The Balaban J connectivity index is 1.47. The van der Waals surface area contributed by atoms with Crippen LogP contribution in [0.4, 0.5) is 5.69 Å². The van der Waals surface area contributed by atoms with Crippen LogP contribution >= 0.6 is 11.6 Å². The molecule has 0 spiro atoms. The van der Waals surface area contributed by atoms with Gasteiger partial charge in [-0.1, -0.05) is 35.9 Å². The maximum absolute atomic E-state index is 12.6. The number of benzene rings is 3. The molecular formula is C27H25ClN4O4S. The molecule has 4 rings (SSSR count). The number of hydrogen-bond acceptors (Lipinski definition) is 6. The van der Waals surface area contributed by atoms with Gasteiger partial charge in [0.2, 0.25) is 10.0 Å². The topological polar surface area (TPSA) is 101 Å². The molecule has 0 fully saturated rings. The number of hydrogen-bond donors (Lipinski definition) is 1. The lowest BCUT2D eigenvalue weighted by atomic mass is 10.1. The lowest BCUT2D eigenvalue weighted by molar-refractivity contribution is 0.0955. The monoisotopic (exact) mass is 536 g/mol. The minimum absolute atomic E-state index is 0.189. The third kappa shape index (κ3) is 6.25. The van der Waals surface area contributed by atoms with Gasteiger partial charge < -0.3 is 4.74 Å². The molecule has 0 radical (unpaired) electrons. The Labute approximate surface area is 220 Å². The SMILES string of the molecule is COc1ccc2cc(/C=N\NC(=O)c3ccc(N(Cc4ccccc4C)S(C)(=O)=O)cc3)c(Cl)nc2c1. The number of amides is 1. The molecule has 0 bridgehead atoms. The number of aromatic nitrogens is 1. The summed E-state index contributed by atoms with van der Waals surface area (Å²) < 4.78 is 31.5. The maximum Gasteiger partial charge on any atom is 0.271 e. The number of aryl methyl sites for hydroxylation is 1. The van der Waals surface area contributed by atoms with Crippen LogP contribution < -0.4 is 14.5 Å². The summed E-state index contributed by atoms with van der Waals surface area (Å²) in [4.78, 5) is 16.9. The lowest BCUT2D eigenvalue weighted by Gasteiger charge is -2.23. The van der Waals surface area contributed by atoms with E-state index in [0.29, 0.717) is 28.1 Å². The van der Waals surface area contributed by atoms with Crippen LogP contribution in [0.15, 0.2) is 77.9 Å². The van der Waals surface area contributed by atoms with Crippen molar-refractivity contribution in [2.24, 2.45) is 5.10 Å². The summed E-state index contributed by atoms with van der Waals surface area (Å²) in [6.45, 7) is 2.12. The molecule has 10 heteroatoms. The number of nitrogens with zero attached hydrogens (tertiary/aromatic N) is 3. The largest absolute Gasteiger partial charge is 0.497 e. The Hall–Kier alpha value is -3.95. The summed E-state index contributed by atoms with van der Waals surface area (Å²) in [5.41, 5.74) is 6.33. The van der Waals surface area contributed by atoms with E-state index in [0.717, 1.165) is 22.8 Å². The fraction of sp³-hybridized carbons (Fsp3) is 0.148. The summed E-state index contributed by atoms with van der Waals surface area (Å²) in [5.74, 6) is 0.216. The predicted octanol–water partition coefficient (Wildman–Crippen LogP) is 4.94. The van der Waals surface area contributed by atoms with Crippen molar-refractivity contribution in [2.75, 3.05) is 17.7 Å². The highest BCUT2D eigenvalue weighted by Crippen LogP contribution is 2.24. The van der Waals surface area contributed by atoms with Crippen LogP contribution in [0, 0.1) is 6.92 Å². The molecule has 0 aliphatic carbocycles. The molecule has 0 aliphatic heterocycles. The van der Waals surface area contributed by atoms with E-state index in [4.69, 9.17) is 16.3 Å². The molecule has 0 saturated carbocycles. The van der Waals surface area contributed by atoms with Crippen molar-refractivity contribution in [1.29, 1.82) is 0 Å². The van der Waals surface area contributed by atoms with Crippen LogP contribution in [-0.4, -0.2) is 38.9 Å². The van der Waals surface area contributed by atoms with Crippen LogP contribution in [0.25, 0.3) is 10.9 Å². The third-order valence-electron chi connectivity index (χ3n) is 5.77. The highest BCUT2D eigenvalue weighted by atomic mass is 35.5. The number of carbonyl (C=O) groups is 1. The van der Waals surface area contributed by atoms with Crippen LogP contribution in [0.3, 0.4) is 0 Å². The normalized spacial score (nSPS) is 11.6. The molecule has 0 atom stereocenters. The van der Waals surface area contributed by atoms with E-state index in [1.165, 1.54) is 10.5 Å². The van der Waals surface area contributed by atoms with Crippen molar-refractivity contribution in [1.82, 2.24) is 10.4 Å². The van der Waals surface area contributed by atoms with Crippen LogP contribution in [0.5, 0.6) is 5.75 Å². The molecule has 190 valence electrons. The van der Waals surface area contributed by atoms with Crippen LogP contribution in [-0.2, 0) is 16.6 Å². The number of halogens is 1. The first-order chi connectivity index (χ1) is 17.7. The van der Waals surface area contributed by atoms with Crippen LogP contribution in [0.1, 0.15) is 27.0 Å². The number of sulfonamides is 1. The molecular weight excluding hydrogens is 512 g/mol. The van der Waals surface area contributed by atoms with Gasteiger partial charge in [0.15, 0.2) is 0 Å². The van der Waals surface area contributed by atoms with E-state index in [1.54, 1.807) is 37.4 Å². The zero-order valence-electron chi connectivity index (χ0n) is 20.5. The molecule has 0 unspecified atom stereocenters. The van der Waals surface area contributed by atoms with Crippen molar-refractivity contribution in [3.8, 4) is 5.75 Å². The molecule has 8 nitrogen and oxygen atoms in total. The second-order valence-corrected chi connectivity index (χ2v) is 10.6. The molecule has 3 aromatic carbocycles. The zero-order chi connectivity index (χ0) is 26.6. The molecule has 0 aliphatic rings. The smallest absolute Gasteiger partial charge is 0.271 e. The number of methoxy groups -OCH3 is 1. The molecule has 37 heavy (non-hydrogen) atoms. The number of fused-ring (bicyclic) bond motifs is 1. The van der Waals surface area contributed by atoms with E-state index in [2.05, 4.69) is 15.5 Å². The average molecular weight is 537 g/mol. The number of nitrogens with one attached hydrogen (secondary N) is 1. The summed E-state index contributed by atoms with van der Waals surface area (Å²) in [7, 11) is -1.97. The molecule has 1 aromatic heterocycles. The standard InChI is InChI=1S/C27H25ClN4O4S/c1-18-6-4-5-7-21(18)17-32(37(3,34)35)23-11-8-19(9-12-23)27(33)31-29-16-22-14-20-10-13-24(36-2)15-25(20)30-26(22)28/h4-16H,17H2,1-3H3,(H,31,33)/b29-16-. The van der Waals surface area contributed by atoms with Gasteiger partial charge in [0.25, 0.3) is 5.91 Å². The number of hydrazone groups is 1. The zero-order valence-corrected chi connectivity index (χ0v) is 22.0. The lowest BCUT2D eigenvalue weighted by Crippen LogP contribution is -2.29. The molecule has 0 saturated heterocycles.